The van der Waals surface area contributed by atoms with Crippen molar-refractivity contribution in [1.29, 1.82) is 0 Å². The van der Waals surface area contributed by atoms with Gasteiger partial charge in [-0.2, -0.15) is 0 Å². The van der Waals surface area contributed by atoms with Crippen molar-refractivity contribution in [2.45, 2.75) is 13.0 Å². The largest absolute Gasteiger partial charge is 0.352 e. The molecule has 0 bridgehead atoms. The number of aryl methyl sites for hydroxylation is 1. The van der Waals surface area contributed by atoms with Crippen LogP contribution >= 0.6 is 12.2 Å². The number of pyridine rings is 1. The van der Waals surface area contributed by atoms with Crippen LogP contribution in [0.1, 0.15) is 22.7 Å². The van der Waals surface area contributed by atoms with Gasteiger partial charge in [-0.15, -0.1) is 0 Å². The van der Waals surface area contributed by atoms with Crippen LogP contribution in [0.2, 0.25) is 0 Å². The maximum atomic E-state index is 5.53. The number of benzene rings is 2. The number of anilines is 1. The zero-order valence-electron chi connectivity index (χ0n) is 13.4. The molecule has 120 valence electrons. The van der Waals surface area contributed by atoms with Crippen molar-refractivity contribution in [2.75, 3.05) is 5.32 Å². The number of nitrogens with zero attached hydrogens (tertiary/aromatic N) is 1. The molecule has 2 aromatic carbocycles. The van der Waals surface area contributed by atoms with Crippen molar-refractivity contribution < 1.29 is 0 Å². The zero-order valence-corrected chi connectivity index (χ0v) is 14.3. The minimum atomic E-state index is -0.0294. The van der Waals surface area contributed by atoms with Crippen molar-refractivity contribution in [3.63, 3.8) is 0 Å². The summed E-state index contributed by atoms with van der Waals surface area (Å²) in [5, 5.41) is 7.30. The molecule has 3 nitrogen and oxygen atoms in total. The molecule has 0 aliphatic rings. The van der Waals surface area contributed by atoms with Crippen LogP contribution in [-0.2, 0) is 0 Å². The van der Waals surface area contributed by atoms with Gasteiger partial charge in [-0.1, -0.05) is 48.5 Å². The van der Waals surface area contributed by atoms with Crippen LogP contribution in [0.25, 0.3) is 0 Å². The fraction of sp³-hybridized carbons (Fsp3) is 0.100. The van der Waals surface area contributed by atoms with E-state index in [2.05, 4.69) is 40.7 Å². The first-order valence-electron chi connectivity index (χ1n) is 7.82. The molecular weight excluding hydrogens is 314 g/mol. The van der Waals surface area contributed by atoms with Crippen molar-refractivity contribution in [1.82, 2.24) is 10.3 Å². The number of para-hydroxylation sites is 1. The molecule has 24 heavy (non-hydrogen) atoms. The molecule has 0 fully saturated rings. The summed E-state index contributed by atoms with van der Waals surface area (Å²) in [6.07, 6.45) is 3.59. The first kappa shape index (κ1) is 16.1. The van der Waals surface area contributed by atoms with E-state index in [9.17, 15) is 0 Å². The van der Waals surface area contributed by atoms with Crippen LogP contribution in [0.3, 0.4) is 0 Å². The third-order valence-corrected chi connectivity index (χ3v) is 4.06. The molecular formula is C20H19N3S. The van der Waals surface area contributed by atoms with Gasteiger partial charge in [0.1, 0.15) is 0 Å². The first-order chi connectivity index (χ1) is 11.7. The lowest BCUT2D eigenvalue weighted by molar-refractivity contribution is 0.766. The highest BCUT2D eigenvalue weighted by molar-refractivity contribution is 7.80. The van der Waals surface area contributed by atoms with Crippen LogP contribution in [0.5, 0.6) is 0 Å². The minimum Gasteiger partial charge on any atom is -0.352 e. The van der Waals surface area contributed by atoms with Crippen molar-refractivity contribution in [2.24, 2.45) is 0 Å². The average Bonchev–Trinajstić information content (AvgIpc) is 2.63. The second-order valence-electron chi connectivity index (χ2n) is 5.54. The highest BCUT2D eigenvalue weighted by atomic mass is 32.1. The number of hydrogen-bond donors (Lipinski definition) is 2. The smallest absolute Gasteiger partial charge is 0.171 e. The lowest BCUT2D eigenvalue weighted by Crippen LogP contribution is -2.33. The Morgan fingerprint density at radius 3 is 2.21 bits per heavy atom. The van der Waals surface area contributed by atoms with Gasteiger partial charge >= 0.3 is 0 Å². The molecule has 1 atom stereocenters. The second kappa shape index (κ2) is 7.70. The fourth-order valence-corrected chi connectivity index (χ4v) is 2.79. The summed E-state index contributed by atoms with van der Waals surface area (Å²) in [6.45, 7) is 2.06. The van der Waals surface area contributed by atoms with E-state index in [-0.39, 0.29) is 6.04 Å². The van der Waals surface area contributed by atoms with Crippen molar-refractivity contribution >= 4 is 23.0 Å². The topological polar surface area (TPSA) is 37.0 Å². The summed E-state index contributed by atoms with van der Waals surface area (Å²) in [4.78, 5) is 4.10. The summed E-state index contributed by atoms with van der Waals surface area (Å²) < 4.78 is 0. The highest BCUT2D eigenvalue weighted by Crippen LogP contribution is 2.22. The minimum absolute atomic E-state index is 0.0294. The SMILES string of the molecule is Cc1ccccc1NC(=S)N[C@@H](c1ccccc1)c1ccncc1. The molecule has 2 N–H and O–H groups in total. The van der Waals surface area contributed by atoms with E-state index < -0.39 is 0 Å². The number of hydrogen-bond acceptors (Lipinski definition) is 2. The zero-order chi connectivity index (χ0) is 16.8. The molecule has 3 aromatic rings. The van der Waals surface area contributed by atoms with E-state index >= 15 is 0 Å². The van der Waals surface area contributed by atoms with Crippen LogP contribution < -0.4 is 10.6 Å². The molecule has 0 spiro atoms. The van der Waals surface area contributed by atoms with E-state index in [1.165, 1.54) is 0 Å². The summed E-state index contributed by atoms with van der Waals surface area (Å²) >= 11 is 5.53. The van der Waals surface area contributed by atoms with Gasteiger partial charge in [-0.05, 0) is 54.0 Å². The van der Waals surface area contributed by atoms with E-state index in [1.54, 1.807) is 12.4 Å². The monoisotopic (exact) mass is 333 g/mol. The number of rotatable bonds is 4. The molecule has 0 saturated carbocycles. The Morgan fingerprint density at radius 1 is 0.875 bits per heavy atom. The molecule has 0 aliphatic carbocycles. The molecule has 1 heterocycles. The Labute approximate surface area is 147 Å². The molecule has 1 aromatic heterocycles. The van der Waals surface area contributed by atoms with Crippen LogP contribution in [0.15, 0.2) is 79.1 Å². The Bertz CT molecular complexity index is 764. The van der Waals surface area contributed by atoms with Crippen LogP contribution in [0.4, 0.5) is 5.69 Å². The summed E-state index contributed by atoms with van der Waals surface area (Å²) in [7, 11) is 0. The number of thiocarbonyl (C=S) groups is 1. The number of nitrogens with one attached hydrogen (secondary N) is 2. The van der Waals surface area contributed by atoms with Gasteiger partial charge in [0.2, 0.25) is 0 Å². The highest BCUT2D eigenvalue weighted by Gasteiger charge is 2.15. The summed E-state index contributed by atoms with van der Waals surface area (Å²) in [5.41, 5.74) is 4.43. The van der Waals surface area contributed by atoms with Gasteiger partial charge < -0.3 is 10.6 Å². The van der Waals surface area contributed by atoms with Crippen molar-refractivity contribution in [3.8, 4) is 0 Å². The van der Waals surface area contributed by atoms with E-state index in [0.29, 0.717) is 5.11 Å². The number of aromatic nitrogens is 1. The first-order valence-corrected chi connectivity index (χ1v) is 8.23. The fourth-order valence-electron chi connectivity index (χ4n) is 2.56. The molecule has 0 amide bonds. The summed E-state index contributed by atoms with van der Waals surface area (Å²) in [6, 6.07) is 22.3. The third kappa shape index (κ3) is 3.97. The third-order valence-electron chi connectivity index (χ3n) is 3.84. The maximum Gasteiger partial charge on any atom is 0.171 e. The van der Waals surface area contributed by atoms with E-state index in [0.717, 1.165) is 22.4 Å². The standard InChI is InChI=1S/C20H19N3S/c1-15-7-5-6-10-18(15)22-20(24)23-19(16-8-3-2-4-9-16)17-11-13-21-14-12-17/h2-14,19H,1H3,(H2,22,23,24)/t19-/m0/s1. The lowest BCUT2D eigenvalue weighted by Gasteiger charge is -2.22. The second-order valence-corrected chi connectivity index (χ2v) is 5.95. The predicted molar refractivity (Wildman–Crippen MR) is 103 cm³/mol. The Balaban J connectivity index is 1.82. The molecule has 0 unspecified atom stereocenters. The van der Waals surface area contributed by atoms with Gasteiger partial charge in [0, 0.05) is 18.1 Å². The van der Waals surface area contributed by atoms with Gasteiger partial charge in [-0.3, -0.25) is 4.98 Å². The molecule has 0 saturated heterocycles. The quantitative estimate of drug-likeness (QED) is 0.691. The molecule has 0 radical (unpaired) electrons. The van der Waals surface area contributed by atoms with Gasteiger partial charge in [-0.25, -0.2) is 0 Å². The molecule has 3 rings (SSSR count). The van der Waals surface area contributed by atoms with E-state index in [1.807, 2.05) is 48.5 Å². The van der Waals surface area contributed by atoms with Gasteiger partial charge in [0.15, 0.2) is 5.11 Å². The molecule has 0 aliphatic heterocycles. The molecule has 4 heteroatoms. The average molecular weight is 333 g/mol. The predicted octanol–water partition coefficient (Wildman–Crippen LogP) is 4.47. The van der Waals surface area contributed by atoms with Crippen molar-refractivity contribution in [3.05, 3.63) is 95.8 Å². The maximum absolute atomic E-state index is 5.53. The van der Waals surface area contributed by atoms with Gasteiger partial charge in [0.25, 0.3) is 0 Å². The normalized spacial score (nSPS) is 11.5. The summed E-state index contributed by atoms with van der Waals surface area (Å²) in [5.74, 6) is 0. The Kier molecular flexibility index (Phi) is 5.18. The van der Waals surface area contributed by atoms with E-state index in [4.69, 9.17) is 12.2 Å². The lowest BCUT2D eigenvalue weighted by atomic mass is 10.00. The Hall–Kier alpha value is -2.72. The van der Waals surface area contributed by atoms with Crippen LogP contribution in [0, 0.1) is 6.92 Å². The van der Waals surface area contributed by atoms with Crippen LogP contribution in [-0.4, -0.2) is 10.1 Å². The van der Waals surface area contributed by atoms with Gasteiger partial charge in [0.05, 0.1) is 6.04 Å². The Morgan fingerprint density at radius 2 is 1.50 bits per heavy atom.